The number of imidazole rings is 1. The van der Waals surface area contributed by atoms with E-state index in [0.717, 1.165) is 15.3 Å². The number of nitrogens with one attached hydrogen (secondary N) is 3. The average molecular weight is 427 g/mol. The summed E-state index contributed by atoms with van der Waals surface area (Å²) in [5.74, 6) is -0.0447. The molecule has 3 aromatic rings. The molecule has 2 heterocycles. The number of carbonyl (C=O) groups excluding carboxylic acids is 2. The van der Waals surface area contributed by atoms with Crippen LogP contribution in [-0.2, 0) is 14.8 Å². The standard InChI is InChI=1S/C20H21N5O4S/c1-13(19-23-16-4-2-3-5-17(16)24-19)22-20(27)14-6-8-15(9-7-14)30(28,29)25-11-10-21-18(26)12-25/h2-9,13H,10-12H2,1H3,(H,21,26)(H,22,27)(H,23,24)/t13-/m1/s1. The quantitative estimate of drug-likeness (QED) is 0.564. The largest absolute Gasteiger partial charge is 0.354 e. The Hall–Kier alpha value is -3.24. The third-order valence-corrected chi connectivity index (χ3v) is 6.78. The Morgan fingerprint density at radius 3 is 2.60 bits per heavy atom. The first-order valence-electron chi connectivity index (χ1n) is 9.47. The van der Waals surface area contributed by atoms with Gasteiger partial charge in [0.25, 0.3) is 5.91 Å². The summed E-state index contributed by atoms with van der Waals surface area (Å²) in [6.07, 6.45) is 0. The predicted octanol–water partition coefficient (Wildman–Crippen LogP) is 1.17. The lowest BCUT2D eigenvalue weighted by atomic mass is 10.2. The molecule has 1 atom stereocenters. The third-order valence-electron chi connectivity index (χ3n) is 4.92. The van der Waals surface area contributed by atoms with E-state index in [4.69, 9.17) is 0 Å². The lowest BCUT2D eigenvalue weighted by Crippen LogP contribution is -2.49. The number of para-hydroxylation sites is 2. The lowest BCUT2D eigenvalue weighted by Gasteiger charge is -2.25. The maximum atomic E-state index is 12.7. The summed E-state index contributed by atoms with van der Waals surface area (Å²) >= 11 is 0. The van der Waals surface area contributed by atoms with Crippen LogP contribution in [0.3, 0.4) is 0 Å². The van der Waals surface area contributed by atoms with Gasteiger partial charge in [-0.15, -0.1) is 0 Å². The summed E-state index contributed by atoms with van der Waals surface area (Å²) in [7, 11) is -3.79. The Balaban J connectivity index is 1.46. The number of fused-ring (bicyclic) bond motifs is 1. The second-order valence-electron chi connectivity index (χ2n) is 7.05. The molecule has 9 nitrogen and oxygen atoms in total. The van der Waals surface area contributed by atoms with Crippen LogP contribution in [0.4, 0.5) is 0 Å². The highest BCUT2D eigenvalue weighted by Gasteiger charge is 2.29. The molecule has 4 rings (SSSR count). The molecule has 10 heteroatoms. The number of amides is 2. The SMILES string of the molecule is C[C@@H](NC(=O)c1ccc(S(=O)(=O)N2CCNC(=O)C2)cc1)c1nc2ccccc2[nH]1. The second kappa shape index (κ2) is 7.88. The molecule has 30 heavy (non-hydrogen) atoms. The van der Waals surface area contributed by atoms with Crippen molar-refractivity contribution in [3.8, 4) is 0 Å². The molecule has 2 amide bonds. The zero-order valence-corrected chi connectivity index (χ0v) is 17.1. The number of aromatic nitrogens is 2. The topological polar surface area (TPSA) is 124 Å². The molecule has 1 fully saturated rings. The van der Waals surface area contributed by atoms with Gasteiger partial charge in [-0.05, 0) is 43.3 Å². The molecular formula is C20H21N5O4S. The molecule has 2 aromatic carbocycles. The van der Waals surface area contributed by atoms with Crippen molar-refractivity contribution >= 4 is 32.9 Å². The van der Waals surface area contributed by atoms with Gasteiger partial charge in [0.1, 0.15) is 5.82 Å². The van der Waals surface area contributed by atoms with Crippen LogP contribution in [0.25, 0.3) is 11.0 Å². The Kier molecular flexibility index (Phi) is 5.27. The zero-order valence-electron chi connectivity index (χ0n) is 16.3. The van der Waals surface area contributed by atoms with Crippen LogP contribution >= 0.6 is 0 Å². The fourth-order valence-electron chi connectivity index (χ4n) is 3.27. The van der Waals surface area contributed by atoms with Crippen molar-refractivity contribution in [1.29, 1.82) is 0 Å². The number of hydrogen-bond acceptors (Lipinski definition) is 5. The fraction of sp³-hybridized carbons (Fsp3) is 0.250. The number of aromatic amines is 1. The molecule has 0 radical (unpaired) electrons. The first-order valence-corrected chi connectivity index (χ1v) is 10.9. The summed E-state index contributed by atoms with van der Waals surface area (Å²) in [6, 6.07) is 12.9. The normalized spacial score (nSPS) is 16.2. The smallest absolute Gasteiger partial charge is 0.251 e. The Labute approximate surface area is 173 Å². The molecule has 156 valence electrons. The van der Waals surface area contributed by atoms with Crippen LogP contribution in [0.2, 0.25) is 0 Å². The minimum absolute atomic E-state index is 0.0408. The third kappa shape index (κ3) is 3.91. The summed E-state index contributed by atoms with van der Waals surface area (Å²) in [5.41, 5.74) is 2.03. The minimum Gasteiger partial charge on any atom is -0.354 e. The van der Waals surface area contributed by atoms with Crippen molar-refractivity contribution in [3.63, 3.8) is 0 Å². The fourth-order valence-corrected chi connectivity index (χ4v) is 4.67. The molecular weight excluding hydrogens is 406 g/mol. The van der Waals surface area contributed by atoms with Gasteiger partial charge in [-0.2, -0.15) is 4.31 Å². The first-order chi connectivity index (χ1) is 14.3. The number of benzene rings is 2. The number of nitrogens with zero attached hydrogens (tertiary/aromatic N) is 2. The maximum absolute atomic E-state index is 12.7. The van der Waals surface area contributed by atoms with E-state index < -0.39 is 10.0 Å². The number of hydrogen-bond donors (Lipinski definition) is 3. The van der Waals surface area contributed by atoms with Crippen molar-refractivity contribution in [2.24, 2.45) is 0 Å². The van der Waals surface area contributed by atoms with Gasteiger partial charge in [0.05, 0.1) is 28.5 Å². The second-order valence-corrected chi connectivity index (χ2v) is 8.99. The van der Waals surface area contributed by atoms with Crippen molar-refractivity contribution in [2.75, 3.05) is 19.6 Å². The van der Waals surface area contributed by atoms with Gasteiger partial charge in [0, 0.05) is 18.7 Å². The van der Waals surface area contributed by atoms with E-state index in [1.165, 1.54) is 24.3 Å². The van der Waals surface area contributed by atoms with Gasteiger partial charge in [-0.1, -0.05) is 12.1 Å². The molecule has 0 saturated carbocycles. The van der Waals surface area contributed by atoms with Gasteiger partial charge in [-0.3, -0.25) is 9.59 Å². The number of rotatable bonds is 5. The van der Waals surface area contributed by atoms with Crippen molar-refractivity contribution in [1.82, 2.24) is 24.9 Å². The molecule has 1 aliphatic heterocycles. The van der Waals surface area contributed by atoms with Gasteiger partial charge in [-0.25, -0.2) is 13.4 Å². The Morgan fingerprint density at radius 1 is 1.17 bits per heavy atom. The highest BCUT2D eigenvalue weighted by Crippen LogP contribution is 2.19. The van der Waals surface area contributed by atoms with Crippen LogP contribution in [0.15, 0.2) is 53.4 Å². The van der Waals surface area contributed by atoms with Gasteiger partial charge >= 0.3 is 0 Å². The molecule has 3 N–H and O–H groups in total. The summed E-state index contributed by atoms with van der Waals surface area (Å²) < 4.78 is 26.5. The summed E-state index contributed by atoms with van der Waals surface area (Å²) in [5, 5.41) is 5.45. The molecule has 1 saturated heterocycles. The zero-order chi connectivity index (χ0) is 21.3. The average Bonchev–Trinajstić information content (AvgIpc) is 3.18. The van der Waals surface area contributed by atoms with Crippen molar-refractivity contribution < 1.29 is 18.0 Å². The predicted molar refractivity (Wildman–Crippen MR) is 110 cm³/mol. The monoisotopic (exact) mass is 427 g/mol. The van der Waals surface area contributed by atoms with E-state index >= 15 is 0 Å². The molecule has 0 bridgehead atoms. The first kappa shape index (κ1) is 20.0. The number of sulfonamides is 1. The molecule has 0 spiro atoms. The van der Waals surface area contributed by atoms with Crippen molar-refractivity contribution in [3.05, 3.63) is 59.9 Å². The van der Waals surface area contributed by atoms with Crippen LogP contribution in [-0.4, -0.2) is 54.1 Å². The Bertz CT molecular complexity index is 1170. The van der Waals surface area contributed by atoms with Crippen LogP contribution in [0, 0.1) is 0 Å². The lowest BCUT2D eigenvalue weighted by molar-refractivity contribution is -0.122. The summed E-state index contributed by atoms with van der Waals surface area (Å²) in [4.78, 5) is 31.8. The van der Waals surface area contributed by atoms with E-state index in [2.05, 4.69) is 20.6 Å². The highest BCUT2D eigenvalue weighted by molar-refractivity contribution is 7.89. The molecule has 1 aromatic heterocycles. The van der Waals surface area contributed by atoms with E-state index in [1.54, 1.807) is 0 Å². The Morgan fingerprint density at radius 2 is 1.90 bits per heavy atom. The van der Waals surface area contributed by atoms with E-state index in [9.17, 15) is 18.0 Å². The number of H-pyrrole nitrogens is 1. The van der Waals surface area contributed by atoms with Crippen LogP contribution in [0.5, 0.6) is 0 Å². The maximum Gasteiger partial charge on any atom is 0.251 e. The van der Waals surface area contributed by atoms with Crippen molar-refractivity contribution in [2.45, 2.75) is 17.9 Å². The summed E-state index contributed by atoms with van der Waals surface area (Å²) in [6.45, 7) is 2.10. The van der Waals surface area contributed by atoms with E-state index in [1.807, 2.05) is 31.2 Å². The minimum atomic E-state index is -3.79. The van der Waals surface area contributed by atoms with Gasteiger partial charge < -0.3 is 15.6 Å². The molecule has 0 aliphatic carbocycles. The van der Waals surface area contributed by atoms with Gasteiger partial charge in [0.15, 0.2) is 0 Å². The van der Waals surface area contributed by atoms with Crippen LogP contribution in [0.1, 0.15) is 29.1 Å². The van der Waals surface area contributed by atoms with Crippen LogP contribution < -0.4 is 10.6 Å². The van der Waals surface area contributed by atoms with E-state index in [-0.39, 0.29) is 42.4 Å². The van der Waals surface area contributed by atoms with E-state index in [0.29, 0.717) is 11.4 Å². The molecule has 0 unspecified atom stereocenters. The highest BCUT2D eigenvalue weighted by atomic mass is 32.2. The molecule has 1 aliphatic rings. The number of piperazine rings is 1. The van der Waals surface area contributed by atoms with Gasteiger partial charge in [0.2, 0.25) is 15.9 Å². The number of carbonyl (C=O) groups is 2.